The first-order valence-electron chi connectivity index (χ1n) is 5.53. The molecule has 92 valence electrons. The number of rotatable bonds is 3. The van der Waals surface area contributed by atoms with Gasteiger partial charge in [-0.25, -0.2) is 0 Å². The van der Waals surface area contributed by atoms with Gasteiger partial charge in [0, 0.05) is 18.0 Å². The van der Waals surface area contributed by atoms with Gasteiger partial charge in [0.05, 0.1) is 5.91 Å². The summed E-state index contributed by atoms with van der Waals surface area (Å²) in [4.78, 5) is 15.5. The fraction of sp³-hybridized carbons (Fsp3) is 0.143. The van der Waals surface area contributed by atoms with E-state index in [9.17, 15) is 9.90 Å². The van der Waals surface area contributed by atoms with Crippen LogP contribution in [0.2, 0.25) is 0 Å². The van der Waals surface area contributed by atoms with Gasteiger partial charge in [-0.05, 0) is 17.7 Å². The molecular formula is C14H12Li2N2O2. The van der Waals surface area contributed by atoms with Crippen LogP contribution >= 0.6 is 0 Å². The number of carbonyl (C=O) groups excluding carboxylic acids is 1. The molecule has 1 heterocycles. The summed E-state index contributed by atoms with van der Waals surface area (Å²) in [6, 6.07) is 10.1. The van der Waals surface area contributed by atoms with Gasteiger partial charge in [0.15, 0.2) is 0 Å². The summed E-state index contributed by atoms with van der Waals surface area (Å²) in [6.45, 7) is 0. The zero-order valence-corrected chi connectivity index (χ0v) is 11.9. The quantitative estimate of drug-likeness (QED) is 0.520. The summed E-state index contributed by atoms with van der Waals surface area (Å²) in [5.74, 6) is -0.375. The number of hydrogen-bond donors (Lipinski definition) is 0. The van der Waals surface area contributed by atoms with Crippen molar-refractivity contribution in [2.45, 2.75) is 6.10 Å². The maximum atomic E-state index is 12.3. The molecule has 1 aromatic carbocycles. The first-order valence-corrected chi connectivity index (χ1v) is 5.53. The van der Waals surface area contributed by atoms with Crippen LogP contribution in [0, 0.1) is 0 Å². The Bertz CT molecular complexity index is 550. The van der Waals surface area contributed by atoms with Gasteiger partial charge in [0.1, 0.15) is 0 Å². The van der Waals surface area contributed by atoms with E-state index in [1.54, 1.807) is 48.8 Å². The molecule has 2 rings (SSSR count). The summed E-state index contributed by atoms with van der Waals surface area (Å²) in [5.41, 5.74) is 1.39. The van der Waals surface area contributed by atoms with Crippen LogP contribution in [0.4, 0.5) is 0 Å². The van der Waals surface area contributed by atoms with Crippen LogP contribution in [0.15, 0.2) is 48.8 Å². The van der Waals surface area contributed by atoms with Crippen molar-refractivity contribution in [1.29, 1.82) is 0 Å². The zero-order chi connectivity index (χ0) is 13.0. The monoisotopic (exact) mass is 254 g/mol. The van der Waals surface area contributed by atoms with Gasteiger partial charge in [0.25, 0.3) is 0 Å². The fourth-order valence-corrected chi connectivity index (χ4v) is 1.76. The number of amides is 1. The number of hydrogen-bond acceptors (Lipinski definition) is 3. The predicted molar refractivity (Wildman–Crippen MR) is 66.1 cm³/mol. The van der Waals surface area contributed by atoms with Gasteiger partial charge in [-0.15, -0.1) is 7.05 Å². The van der Waals surface area contributed by atoms with Crippen LogP contribution in [-0.4, -0.2) is 17.9 Å². The minimum Gasteiger partial charge on any atom is -0.845 e. The SMILES string of the molecule is C[N-]C(=O)c1ccccc1C([O-])c1ccncc1.[Li+].[Li+]. The Morgan fingerprint density at radius 1 is 1.15 bits per heavy atom. The van der Waals surface area contributed by atoms with Crippen molar-refractivity contribution in [3.8, 4) is 0 Å². The number of benzene rings is 1. The average molecular weight is 254 g/mol. The molecule has 0 bridgehead atoms. The Hall–Kier alpha value is -1.01. The molecule has 1 amide bonds. The molecule has 0 radical (unpaired) electrons. The van der Waals surface area contributed by atoms with Gasteiger partial charge in [-0.2, -0.15) is 0 Å². The molecule has 0 saturated carbocycles. The number of aromatic nitrogens is 1. The van der Waals surface area contributed by atoms with Gasteiger partial charge in [-0.3, -0.25) is 4.98 Å². The van der Waals surface area contributed by atoms with E-state index in [0.29, 0.717) is 16.7 Å². The van der Waals surface area contributed by atoms with E-state index in [1.807, 2.05) is 0 Å². The van der Waals surface area contributed by atoms with Crippen molar-refractivity contribution in [1.82, 2.24) is 4.98 Å². The van der Waals surface area contributed by atoms with E-state index in [-0.39, 0.29) is 43.6 Å². The molecule has 0 spiro atoms. The summed E-state index contributed by atoms with van der Waals surface area (Å²) >= 11 is 0. The topological polar surface area (TPSA) is 67.1 Å². The molecule has 20 heavy (non-hydrogen) atoms. The van der Waals surface area contributed by atoms with E-state index in [4.69, 9.17) is 0 Å². The van der Waals surface area contributed by atoms with Gasteiger partial charge < -0.3 is 15.2 Å². The Morgan fingerprint density at radius 3 is 2.35 bits per heavy atom. The molecule has 0 fully saturated rings. The minimum absolute atomic E-state index is 0. The van der Waals surface area contributed by atoms with Crippen LogP contribution in [0.3, 0.4) is 0 Å². The van der Waals surface area contributed by atoms with Crippen LogP contribution < -0.4 is 42.8 Å². The van der Waals surface area contributed by atoms with Crippen LogP contribution in [-0.2, 0) is 0 Å². The van der Waals surface area contributed by atoms with Crippen molar-refractivity contribution < 1.29 is 47.6 Å². The fourth-order valence-electron chi connectivity index (χ4n) is 1.76. The van der Waals surface area contributed by atoms with Crippen molar-refractivity contribution >= 4 is 5.91 Å². The average Bonchev–Trinajstić information content (AvgIpc) is 2.46. The minimum atomic E-state index is -1.10. The van der Waals surface area contributed by atoms with Crippen molar-refractivity contribution in [2.75, 3.05) is 7.05 Å². The van der Waals surface area contributed by atoms with Crippen LogP contribution in [0.1, 0.15) is 27.6 Å². The second-order valence-electron chi connectivity index (χ2n) is 3.78. The van der Waals surface area contributed by atoms with Gasteiger partial charge in [0.2, 0.25) is 0 Å². The molecule has 4 nitrogen and oxygen atoms in total. The molecule has 1 unspecified atom stereocenters. The molecule has 2 aromatic rings. The first kappa shape index (κ1) is 19.0. The molecule has 0 aliphatic carbocycles. The Morgan fingerprint density at radius 2 is 1.75 bits per heavy atom. The summed E-state index contributed by atoms with van der Waals surface area (Å²) in [6.07, 6.45) is 2.03. The molecule has 0 aliphatic rings. The maximum absolute atomic E-state index is 12.3. The third-order valence-corrected chi connectivity index (χ3v) is 2.69. The molecule has 1 aromatic heterocycles. The van der Waals surface area contributed by atoms with Gasteiger partial charge in [-0.1, -0.05) is 35.9 Å². The third kappa shape index (κ3) is 4.25. The second-order valence-corrected chi connectivity index (χ2v) is 3.78. The molecule has 1 atom stereocenters. The Kier molecular flexibility index (Phi) is 8.57. The Balaban J connectivity index is 0.00000180. The molecule has 0 saturated heterocycles. The number of pyridine rings is 1. The standard InChI is InChI=1S/C14H13N2O2.2Li/c1-15-14(18)12-5-3-2-4-11(12)13(17)10-6-8-16-9-7-10;;/h2-9,13H,1H3,(H,15,18);;/q-1;2*+1/p-1. The van der Waals surface area contributed by atoms with Gasteiger partial charge >= 0.3 is 37.7 Å². The number of nitrogens with zero attached hydrogens (tertiary/aromatic N) is 2. The summed E-state index contributed by atoms with van der Waals surface area (Å²) < 4.78 is 0. The van der Waals surface area contributed by atoms with Crippen LogP contribution in [0.25, 0.3) is 5.32 Å². The first-order chi connectivity index (χ1) is 8.74. The zero-order valence-electron chi connectivity index (χ0n) is 11.9. The molecular weight excluding hydrogens is 242 g/mol. The number of carbonyl (C=O) groups is 1. The van der Waals surface area contributed by atoms with Crippen molar-refractivity contribution in [3.05, 3.63) is 70.8 Å². The van der Waals surface area contributed by atoms with Crippen LogP contribution in [0.5, 0.6) is 0 Å². The summed E-state index contributed by atoms with van der Waals surface area (Å²) in [5, 5.41) is 16.0. The molecule has 0 aliphatic heterocycles. The third-order valence-electron chi connectivity index (χ3n) is 2.69. The van der Waals surface area contributed by atoms with E-state index in [0.717, 1.165) is 0 Å². The molecule has 0 N–H and O–H groups in total. The largest absolute Gasteiger partial charge is 1.00 e. The second kappa shape index (κ2) is 9.03. The predicted octanol–water partition coefficient (Wildman–Crippen LogP) is -4.32. The smallest absolute Gasteiger partial charge is 0.845 e. The van der Waals surface area contributed by atoms with E-state index < -0.39 is 6.10 Å². The summed E-state index contributed by atoms with van der Waals surface area (Å²) in [7, 11) is 1.42. The molecule has 6 heteroatoms. The van der Waals surface area contributed by atoms with Crippen molar-refractivity contribution in [3.63, 3.8) is 0 Å². The van der Waals surface area contributed by atoms with E-state index >= 15 is 0 Å². The normalized spacial score (nSPS) is 10.7. The van der Waals surface area contributed by atoms with E-state index in [2.05, 4.69) is 10.3 Å². The maximum Gasteiger partial charge on any atom is 1.00 e. The Labute approximate surface area is 142 Å². The van der Waals surface area contributed by atoms with Crippen molar-refractivity contribution in [2.24, 2.45) is 0 Å². The van der Waals surface area contributed by atoms with E-state index in [1.165, 1.54) is 7.05 Å².